The molecule has 2 aliphatic heterocycles. The van der Waals surface area contributed by atoms with E-state index in [2.05, 4.69) is 72.0 Å². The monoisotopic (exact) mass is 476 g/mol. The van der Waals surface area contributed by atoms with Gasteiger partial charge in [-0.3, -0.25) is 4.79 Å². The second-order valence-electron chi connectivity index (χ2n) is 11.5. The summed E-state index contributed by atoms with van der Waals surface area (Å²) >= 11 is 0. The van der Waals surface area contributed by atoms with Gasteiger partial charge in [0.05, 0.1) is 18.8 Å². The minimum atomic E-state index is -1.95. The smallest absolute Gasteiger partial charge is 0.302 e. The molecule has 1 spiro atoms. The van der Waals surface area contributed by atoms with Crippen LogP contribution in [0.3, 0.4) is 0 Å². The second kappa shape index (κ2) is 10.2. The van der Waals surface area contributed by atoms with Crippen LogP contribution in [0.5, 0.6) is 0 Å². The van der Waals surface area contributed by atoms with Crippen LogP contribution in [-0.4, -0.2) is 45.0 Å². The molecule has 0 saturated carbocycles. The molecule has 6 heteroatoms. The molecule has 2 fully saturated rings. The van der Waals surface area contributed by atoms with Crippen LogP contribution in [0.1, 0.15) is 66.4 Å². The highest BCUT2D eigenvalue weighted by molar-refractivity contribution is 6.74. The Kier molecular flexibility index (Phi) is 8.15. The molecule has 3 rings (SSSR count). The zero-order valence-electron chi connectivity index (χ0n) is 21.9. The van der Waals surface area contributed by atoms with E-state index in [1.54, 1.807) is 0 Å². The summed E-state index contributed by atoms with van der Waals surface area (Å²) in [6, 6.07) is 10.5. The lowest BCUT2D eigenvalue weighted by Gasteiger charge is -2.56. The predicted molar refractivity (Wildman–Crippen MR) is 134 cm³/mol. The van der Waals surface area contributed by atoms with Gasteiger partial charge in [-0.05, 0) is 43.0 Å². The van der Waals surface area contributed by atoms with Crippen molar-refractivity contribution in [2.75, 3.05) is 6.61 Å². The average Bonchev–Trinajstić information content (AvgIpc) is 2.72. The number of hydrogen-bond donors (Lipinski definition) is 0. The van der Waals surface area contributed by atoms with E-state index < -0.39 is 14.1 Å². The summed E-state index contributed by atoms with van der Waals surface area (Å²) in [6.45, 7) is 17.8. The lowest BCUT2D eigenvalue weighted by Crippen LogP contribution is -2.64. The molecule has 0 amide bonds. The molecule has 33 heavy (non-hydrogen) atoms. The molecule has 0 bridgehead atoms. The molecule has 5 nitrogen and oxygen atoms in total. The predicted octanol–water partition coefficient (Wildman–Crippen LogP) is 6.12. The molecule has 1 aromatic carbocycles. The highest BCUT2D eigenvalue weighted by atomic mass is 28.4. The number of rotatable bonds is 6. The largest absolute Gasteiger partial charge is 0.462 e. The van der Waals surface area contributed by atoms with Gasteiger partial charge in [0.2, 0.25) is 0 Å². The van der Waals surface area contributed by atoms with Gasteiger partial charge in [-0.25, -0.2) is 0 Å². The van der Waals surface area contributed by atoms with Crippen molar-refractivity contribution in [2.45, 2.75) is 109 Å². The molecule has 0 radical (unpaired) electrons. The first-order valence-corrected chi connectivity index (χ1v) is 15.5. The Labute approximate surface area is 201 Å². The van der Waals surface area contributed by atoms with Crippen LogP contribution in [0, 0.1) is 11.8 Å². The average molecular weight is 477 g/mol. The Morgan fingerprint density at radius 2 is 1.76 bits per heavy atom. The topological polar surface area (TPSA) is 54.0 Å². The van der Waals surface area contributed by atoms with E-state index in [0.29, 0.717) is 13.0 Å². The maximum atomic E-state index is 11.9. The van der Waals surface area contributed by atoms with Crippen LogP contribution < -0.4 is 0 Å². The number of esters is 1. The molecule has 1 aromatic rings. The first-order valence-electron chi connectivity index (χ1n) is 12.6. The Hall–Kier alpha value is -1.21. The quantitative estimate of drug-likeness (QED) is 0.366. The van der Waals surface area contributed by atoms with Gasteiger partial charge in [-0.2, -0.15) is 0 Å². The maximum absolute atomic E-state index is 11.9. The molecule has 186 valence electrons. The van der Waals surface area contributed by atoms with Gasteiger partial charge >= 0.3 is 5.97 Å². The molecule has 0 aliphatic carbocycles. The minimum Gasteiger partial charge on any atom is -0.462 e. The van der Waals surface area contributed by atoms with Crippen molar-refractivity contribution in [1.82, 2.24) is 0 Å². The van der Waals surface area contributed by atoms with Crippen LogP contribution in [0.4, 0.5) is 0 Å². The van der Waals surface area contributed by atoms with Gasteiger partial charge in [-0.15, -0.1) is 0 Å². The van der Waals surface area contributed by atoms with Gasteiger partial charge in [-0.1, -0.05) is 65.0 Å². The molecule has 6 atom stereocenters. The van der Waals surface area contributed by atoms with Crippen LogP contribution in [0.25, 0.3) is 0 Å². The van der Waals surface area contributed by atoms with E-state index in [9.17, 15) is 4.79 Å². The molecular weight excluding hydrogens is 432 g/mol. The van der Waals surface area contributed by atoms with E-state index in [1.807, 2.05) is 6.07 Å². The third-order valence-electron chi connectivity index (χ3n) is 8.13. The standard InChI is InChI=1S/C27H44O5Si/c1-19-24(32-33(7,8)26(4,5)6)16-17-29-27(19)20(2)25(30-21(3)28)18-23(31-27)15-14-22-12-10-9-11-13-22/h9-13,19-20,23-25H,14-18H2,1-8H3/t19-,20+,23-,24+,25+,27+/m0/s1. The molecular formula is C27H44O5Si. The van der Waals surface area contributed by atoms with E-state index >= 15 is 0 Å². The summed E-state index contributed by atoms with van der Waals surface area (Å²) in [5, 5.41) is 0.135. The van der Waals surface area contributed by atoms with Crippen molar-refractivity contribution in [3.8, 4) is 0 Å². The highest BCUT2D eigenvalue weighted by Crippen LogP contribution is 2.49. The van der Waals surface area contributed by atoms with Crippen molar-refractivity contribution < 1.29 is 23.4 Å². The fraction of sp³-hybridized carbons (Fsp3) is 0.741. The summed E-state index contributed by atoms with van der Waals surface area (Å²) in [4.78, 5) is 11.9. The first-order chi connectivity index (χ1) is 15.4. The van der Waals surface area contributed by atoms with Crippen molar-refractivity contribution in [3.05, 3.63) is 35.9 Å². The SMILES string of the molecule is CC(=O)O[C@@H]1C[C@H](CCc2ccccc2)O[C@@]2(OCC[C@@H](O[Si](C)(C)C(C)(C)C)[C@@H]2C)[C@@H]1C. The number of carbonyl (C=O) groups is 1. The Bertz CT molecular complexity index is 789. The summed E-state index contributed by atoms with van der Waals surface area (Å²) < 4.78 is 26.0. The lowest BCUT2D eigenvalue weighted by atomic mass is 9.76. The highest BCUT2D eigenvalue weighted by Gasteiger charge is 2.58. The number of ether oxygens (including phenoxy) is 3. The van der Waals surface area contributed by atoms with Crippen molar-refractivity contribution >= 4 is 14.3 Å². The van der Waals surface area contributed by atoms with Gasteiger partial charge in [0, 0.05) is 25.2 Å². The molecule has 2 heterocycles. The third kappa shape index (κ3) is 5.89. The van der Waals surface area contributed by atoms with Crippen LogP contribution in [0.2, 0.25) is 18.1 Å². The first kappa shape index (κ1) is 26.4. The van der Waals surface area contributed by atoms with E-state index in [0.717, 1.165) is 19.3 Å². The fourth-order valence-electron chi connectivity index (χ4n) is 5.03. The van der Waals surface area contributed by atoms with Gasteiger partial charge in [0.1, 0.15) is 6.10 Å². The van der Waals surface area contributed by atoms with Crippen molar-refractivity contribution in [2.24, 2.45) is 11.8 Å². The lowest BCUT2D eigenvalue weighted by molar-refractivity contribution is -0.367. The Morgan fingerprint density at radius 1 is 1.12 bits per heavy atom. The Balaban J connectivity index is 1.83. The zero-order valence-corrected chi connectivity index (χ0v) is 22.9. The number of aryl methyl sites for hydroxylation is 1. The zero-order chi connectivity index (χ0) is 24.4. The third-order valence-corrected chi connectivity index (χ3v) is 12.6. The van der Waals surface area contributed by atoms with Crippen molar-refractivity contribution in [1.29, 1.82) is 0 Å². The van der Waals surface area contributed by atoms with Crippen LogP contribution in [-0.2, 0) is 29.9 Å². The summed E-state index contributed by atoms with van der Waals surface area (Å²) in [5.74, 6) is -1.10. The van der Waals surface area contributed by atoms with E-state index in [4.69, 9.17) is 18.6 Å². The Morgan fingerprint density at radius 3 is 2.36 bits per heavy atom. The molecule has 0 aromatic heterocycles. The normalized spacial score (nSPS) is 33.2. The van der Waals surface area contributed by atoms with Gasteiger partial charge in [0.25, 0.3) is 0 Å². The van der Waals surface area contributed by atoms with Gasteiger partial charge < -0.3 is 18.6 Å². The molecule has 0 N–H and O–H groups in total. The van der Waals surface area contributed by atoms with Crippen molar-refractivity contribution in [3.63, 3.8) is 0 Å². The summed E-state index contributed by atoms with van der Waals surface area (Å²) in [6.07, 6.45) is 3.12. The number of benzene rings is 1. The molecule has 2 saturated heterocycles. The maximum Gasteiger partial charge on any atom is 0.302 e. The number of hydrogen-bond acceptors (Lipinski definition) is 5. The molecule has 2 aliphatic rings. The van der Waals surface area contributed by atoms with E-state index in [1.165, 1.54) is 12.5 Å². The minimum absolute atomic E-state index is 0.0351. The number of carbonyl (C=O) groups excluding carboxylic acids is 1. The van der Waals surface area contributed by atoms with Gasteiger partial charge in [0.15, 0.2) is 14.1 Å². The fourth-order valence-corrected chi connectivity index (χ4v) is 6.46. The molecule has 0 unspecified atom stereocenters. The van der Waals surface area contributed by atoms with Crippen LogP contribution in [0.15, 0.2) is 30.3 Å². The second-order valence-corrected chi connectivity index (χ2v) is 16.3. The summed E-state index contributed by atoms with van der Waals surface area (Å²) in [5.41, 5.74) is 1.29. The van der Waals surface area contributed by atoms with E-state index in [-0.39, 0.29) is 41.2 Å². The summed E-state index contributed by atoms with van der Waals surface area (Å²) in [7, 11) is -1.95. The van der Waals surface area contributed by atoms with Crippen LogP contribution >= 0.6 is 0 Å².